The maximum atomic E-state index is 11.3. The topological polar surface area (TPSA) is 186 Å². The molecule has 0 aliphatic carbocycles. The van der Waals surface area contributed by atoms with Gasteiger partial charge in [0.05, 0.1) is 22.3 Å². The Morgan fingerprint density at radius 1 is 0.345 bits per heavy atom. The Bertz CT molecular complexity index is 2100. The Labute approximate surface area is 332 Å². The molecule has 12 nitrogen and oxygen atoms in total. The normalized spacial score (nSPS) is 10.8. The van der Waals surface area contributed by atoms with Gasteiger partial charge in [-0.3, -0.25) is 0 Å². The van der Waals surface area contributed by atoms with Crippen molar-refractivity contribution in [1.82, 2.24) is 0 Å². The van der Waals surface area contributed by atoms with E-state index < -0.39 is 23.9 Å². The molecule has 0 atom stereocenters. The summed E-state index contributed by atoms with van der Waals surface area (Å²) in [4.78, 5) is 45.2. The Hall–Kier alpha value is -7.86. The van der Waals surface area contributed by atoms with Crippen LogP contribution in [0.25, 0.3) is 12.2 Å². The van der Waals surface area contributed by atoms with Gasteiger partial charge < -0.3 is 39.4 Å². The summed E-state index contributed by atoms with van der Waals surface area (Å²) < 4.78 is 24.5. The lowest BCUT2D eigenvalue weighted by molar-refractivity contribution is 0.0686. The summed E-state index contributed by atoms with van der Waals surface area (Å²) in [5.74, 6) is -2.20. The fraction of sp³-hybridized carbons (Fsp3) is 0.0870. The minimum atomic E-state index is -1.03. The molecule has 6 aromatic rings. The highest BCUT2D eigenvalue weighted by Gasteiger charge is 2.10. The van der Waals surface area contributed by atoms with Gasteiger partial charge in [-0.1, -0.05) is 60.7 Å². The predicted molar refractivity (Wildman–Crippen MR) is 213 cm³/mol. The van der Waals surface area contributed by atoms with Gasteiger partial charge in [0.2, 0.25) is 0 Å². The van der Waals surface area contributed by atoms with Crippen LogP contribution in [-0.4, -0.2) is 44.3 Å². The van der Waals surface area contributed by atoms with Gasteiger partial charge >= 0.3 is 23.9 Å². The standard InChI is InChI=1S/C46H36O12/c47-43(48)35-11-3-29(4-12-35)25-55-39-19-33(20-40(23-39)56-26-30-5-13-36(14-6-30)44(49)50)1-2-34-21-41(57-27-31-7-15-37(16-8-31)45(51)52)24-42(22-34)58-28-32-9-17-38(18-10-32)46(53)54/h1-24H,25-28H2,(H,47,48)(H,49,50)(H,51,52)(H,53,54)/b2-1+. The predicted octanol–water partition coefficient (Wildman–Crippen LogP) is 8.97. The van der Waals surface area contributed by atoms with Crippen LogP contribution in [0.4, 0.5) is 0 Å². The van der Waals surface area contributed by atoms with Crippen LogP contribution in [0.15, 0.2) is 133 Å². The Balaban J connectivity index is 1.25. The third-order valence-corrected chi connectivity index (χ3v) is 8.70. The monoisotopic (exact) mass is 780 g/mol. The molecular weight excluding hydrogens is 744 g/mol. The zero-order chi connectivity index (χ0) is 41.0. The molecule has 0 fully saturated rings. The van der Waals surface area contributed by atoms with E-state index in [1.54, 1.807) is 60.7 Å². The first-order valence-corrected chi connectivity index (χ1v) is 17.8. The van der Waals surface area contributed by atoms with Gasteiger partial charge in [0.1, 0.15) is 49.4 Å². The van der Waals surface area contributed by atoms with Crippen molar-refractivity contribution in [2.75, 3.05) is 0 Å². The van der Waals surface area contributed by atoms with Crippen LogP contribution >= 0.6 is 0 Å². The van der Waals surface area contributed by atoms with Gasteiger partial charge in [-0.25, -0.2) is 19.2 Å². The maximum absolute atomic E-state index is 11.3. The maximum Gasteiger partial charge on any atom is 0.335 e. The molecule has 0 aromatic heterocycles. The number of carbonyl (C=O) groups is 4. The molecule has 58 heavy (non-hydrogen) atoms. The summed E-state index contributed by atoms with van der Waals surface area (Å²) in [6, 6.07) is 36.2. The zero-order valence-corrected chi connectivity index (χ0v) is 30.7. The largest absolute Gasteiger partial charge is 0.489 e. The van der Waals surface area contributed by atoms with Crippen LogP contribution in [0, 0.1) is 0 Å². The molecule has 0 unspecified atom stereocenters. The molecule has 0 radical (unpaired) electrons. The molecule has 0 spiro atoms. The van der Waals surface area contributed by atoms with E-state index in [1.807, 2.05) is 36.4 Å². The quantitative estimate of drug-likeness (QED) is 0.0608. The Morgan fingerprint density at radius 2 is 0.552 bits per heavy atom. The molecule has 12 heteroatoms. The van der Waals surface area contributed by atoms with Crippen molar-refractivity contribution in [2.24, 2.45) is 0 Å². The lowest BCUT2D eigenvalue weighted by Crippen LogP contribution is -2.01. The van der Waals surface area contributed by atoms with Crippen molar-refractivity contribution in [3.05, 3.63) is 189 Å². The minimum Gasteiger partial charge on any atom is -0.489 e. The number of hydrogen-bond acceptors (Lipinski definition) is 8. The highest BCUT2D eigenvalue weighted by atomic mass is 16.5. The lowest BCUT2D eigenvalue weighted by atomic mass is 10.1. The average Bonchev–Trinajstić information content (AvgIpc) is 3.23. The van der Waals surface area contributed by atoms with Crippen molar-refractivity contribution in [3.63, 3.8) is 0 Å². The Morgan fingerprint density at radius 3 is 0.741 bits per heavy atom. The first kappa shape index (κ1) is 39.8. The molecule has 292 valence electrons. The van der Waals surface area contributed by atoms with Crippen LogP contribution in [0.5, 0.6) is 23.0 Å². The van der Waals surface area contributed by atoms with E-state index in [0.29, 0.717) is 34.1 Å². The molecule has 0 heterocycles. The SMILES string of the molecule is O=C(O)c1ccc(COc2cc(/C=C/c3cc(OCc4ccc(C(=O)O)cc4)cc(OCc4ccc(C(=O)O)cc4)c3)cc(OCc3ccc(C(=O)O)cc3)c2)cc1. The number of rotatable bonds is 18. The van der Waals surface area contributed by atoms with Gasteiger partial charge in [0.15, 0.2) is 0 Å². The van der Waals surface area contributed by atoms with Gasteiger partial charge in [0, 0.05) is 12.1 Å². The summed E-state index contributed by atoms with van der Waals surface area (Å²) in [6.45, 7) is 0.616. The first-order valence-electron chi connectivity index (χ1n) is 17.8. The van der Waals surface area contributed by atoms with E-state index in [9.17, 15) is 39.6 Å². The van der Waals surface area contributed by atoms with Gasteiger partial charge in [-0.15, -0.1) is 0 Å². The molecule has 4 N–H and O–H groups in total. The van der Waals surface area contributed by atoms with E-state index >= 15 is 0 Å². The molecule has 6 rings (SSSR count). The molecule has 0 bridgehead atoms. The van der Waals surface area contributed by atoms with Crippen LogP contribution in [0.3, 0.4) is 0 Å². The summed E-state index contributed by atoms with van der Waals surface area (Å²) in [5.41, 5.74) is 5.09. The van der Waals surface area contributed by atoms with Crippen LogP contribution in [-0.2, 0) is 26.4 Å². The van der Waals surface area contributed by atoms with Gasteiger partial charge in [-0.2, -0.15) is 0 Å². The third kappa shape index (κ3) is 11.3. The minimum absolute atomic E-state index is 0.154. The summed E-state index contributed by atoms with van der Waals surface area (Å²) in [5, 5.41) is 37.0. The van der Waals surface area contributed by atoms with E-state index in [0.717, 1.165) is 22.3 Å². The fourth-order valence-electron chi connectivity index (χ4n) is 5.55. The second-order valence-electron chi connectivity index (χ2n) is 13.0. The fourth-order valence-corrected chi connectivity index (χ4v) is 5.55. The van der Waals surface area contributed by atoms with Crippen molar-refractivity contribution < 1.29 is 58.6 Å². The van der Waals surface area contributed by atoms with Gasteiger partial charge in [0.25, 0.3) is 0 Å². The first-order chi connectivity index (χ1) is 28.0. The van der Waals surface area contributed by atoms with Crippen molar-refractivity contribution in [1.29, 1.82) is 0 Å². The molecule has 0 saturated heterocycles. The van der Waals surface area contributed by atoms with Crippen molar-refractivity contribution in [3.8, 4) is 23.0 Å². The second-order valence-corrected chi connectivity index (χ2v) is 13.0. The summed E-state index contributed by atoms with van der Waals surface area (Å²) >= 11 is 0. The van der Waals surface area contributed by atoms with Crippen molar-refractivity contribution in [2.45, 2.75) is 26.4 Å². The highest BCUT2D eigenvalue weighted by molar-refractivity contribution is 5.89. The zero-order valence-electron chi connectivity index (χ0n) is 30.7. The lowest BCUT2D eigenvalue weighted by Gasteiger charge is -2.13. The number of hydrogen-bond donors (Lipinski definition) is 4. The van der Waals surface area contributed by atoms with E-state index in [-0.39, 0.29) is 48.7 Å². The smallest absolute Gasteiger partial charge is 0.335 e. The second kappa shape index (κ2) is 18.7. The molecule has 0 aliphatic heterocycles. The number of benzene rings is 6. The molecule has 0 aliphatic rings. The van der Waals surface area contributed by atoms with Crippen LogP contribution in [0.2, 0.25) is 0 Å². The number of carboxylic acids is 4. The van der Waals surface area contributed by atoms with Gasteiger partial charge in [-0.05, 0) is 106 Å². The number of aromatic carboxylic acids is 4. The molecule has 6 aromatic carbocycles. The van der Waals surface area contributed by atoms with E-state index in [4.69, 9.17) is 18.9 Å². The van der Waals surface area contributed by atoms with Crippen molar-refractivity contribution >= 4 is 36.0 Å². The van der Waals surface area contributed by atoms with E-state index in [1.165, 1.54) is 48.5 Å². The highest BCUT2D eigenvalue weighted by Crippen LogP contribution is 2.29. The summed E-state index contributed by atoms with van der Waals surface area (Å²) in [6.07, 6.45) is 3.70. The summed E-state index contributed by atoms with van der Waals surface area (Å²) in [7, 11) is 0. The molecule has 0 amide bonds. The number of ether oxygens (including phenoxy) is 4. The molecule has 0 saturated carbocycles. The number of carboxylic acid groups (broad SMARTS) is 4. The van der Waals surface area contributed by atoms with Crippen LogP contribution in [0.1, 0.15) is 74.8 Å². The molecular formula is C46H36O12. The average molecular weight is 781 g/mol. The van der Waals surface area contributed by atoms with E-state index in [2.05, 4.69) is 0 Å². The third-order valence-electron chi connectivity index (χ3n) is 8.70. The Kier molecular flexibility index (Phi) is 12.8. The van der Waals surface area contributed by atoms with Crippen LogP contribution < -0.4 is 18.9 Å².